The third kappa shape index (κ3) is 4.98. The normalized spacial score (nSPS) is 24.3. The monoisotopic (exact) mass is 465 g/mol. The van der Waals surface area contributed by atoms with Gasteiger partial charge in [-0.05, 0) is 39.7 Å². The summed E-state index contributed by atoms with van der Waals surface area (Å²) in [5.74, 6) is -3.60. The molecular formula is C19H23ClF3N3O5. The first kappa shape index (κ1) is 23.4. The summed E-state index contributed by atoms with van der Waals surface area (Å²) in [6.07, 6.45) is -4.52. The van der Waals surface area contributed by atoms with Crippen LogP contribution < -0.4 is 10.1 Å². The van der Waals surface area contributed by atoms with Gasteiger partial charge in [0.1, 0.15) is 10.8 Å². The fourth-order valence-electron chi connectivity index (χ4n) is 3.90. The lowest BCUT2D eigenvalue weighted by molar-refractivity contribution is -0.0487. The van der Waals surface area contributed by atoms with Gasteiger partial charge in [-0.2, -0.15) is 4.98 Å². The second-order valence-corrected chi connectivity index (χ2v) is 8.81. The molecule has 0 radical (unpaired) electrons. The molecule has 0 aromatic carbocycles. The van der Waals surface area contributed by atoms with E-state index < -0.39 is 64.7 Å². The summed E-state index contributed by atoms with van der Waals surface area (Å²) in [5, 5.41) is 11.3. The quantitative estimate of drug-likeness (QED) is 0.643. The number of aromatic nitrogens is 1. The van der Waals surface area contributed by atoms with Crippen molar-refractivity contribution in [3.63, 3.8) is 0 Å². The van der Waals surface area contributed by atoms with Crippen LogP contribution in [0, 0.1) is 5.82 Å². The predicted molar refractivity (Wildman–Crippen MR) is 103 cm³/mol. The number of carboxylic acid groups (broad SMARTS) is 1. The molecule has 2 N–H and O–H groups in total. The number of carbonyl (C=O) groups is 2. The van der Waals surface area contributed by atoms with Gasteiger partial charge in [0.15, 0.2) is 11.9 Å². The Hall–Kier alpha value is -2.27. The number of nitrogens with one attached hydrogen (secondary N) is 1. The molecule has 3 rings (SSSR count). The van der Waals surface area contributed by atoms with Gasteiger partial charge in [0.25, 0.3) is 12.3 Å². The van der Waals surface area contributed by atoms with Crippen LogP contribution in [-0.2, 0) is 4.74 Å². The molecule has 0 saturated carbocycles. The van der Waals surface area contributed by atoms with Crippen molar-refractivity contribution in [1.29, 1.82) is 0 Å². The number of nitrogens with zero attached hydrogens (tertiary/aromatic N) is 2. The summed E-state index contributed by atoms with van der Waals surface area (Å²) in [7, 11) is 0. The number of piperazine rings is 1. The van der Waals surface area contributed by atoms with Gasteiger partial charge in [-0.3, -0.25) is 4.90 Å². The molecule has 2 saturated heterocycles. The van der Waals surface area contributed by atoms with Crippen LogP contribution in [0.5, 0.6) is 5.88 Å². The zero-order chi connectivity index (χ0) is 23.1. The van der Waals surface area contributed by atoms with E-state index in [1.165, 1.54) is 4.90 Å². The van der Waals surface area contributed by atoms with Crippen LogP contribution in [0.1, 0.15) is 44.0 Å². The standard InChI is InChI=1S/C19H23ClF3N3O5/c1-19(2,3)31-18(29)26-8-4-5-11(26)12(24-7-8)13(15(22)23)30-16-10(21)6-9(17(27)28)14(20)25-16/h6,8,11-13,15,24H,4-5,7H2,1-3H3,(H,27,28)/t8-,11+,12+,13-/m1/s1. The zero-order valence-electron chi connectivity index (χ0n) is 17.1. The van der Waals surface area contributed by atoms with Gasteiger partial charge in [-0.25, -0.2) is 22.8 Å². The van der Waals surface area contributed by atoms with Crippen molar-refractivity contribution in [2.24, 2.45) is 0 Å². The topological polar surface area (TPSA) is 101 Å². The predicted octanol–water partition coefficient (Wildman–Crippen LogP) is 3.32. The van der Waals surface area contributed by atoms with Crippen LogP contribution in [0.3, 0.4) is 0 Å². The molecule has 1 aromatic rings. The summed E-state index contributed by atoms with van der Waals surface area (Å²) in [6, 6.07) is -1.36. The number of ether oxygens (including phenoxy) is 2. The average Bonchev–Trinajstić information content (AvgIpc) is 2.95. The maximum Gasteiger partial charge on any atom is 0.410 e. The lowest BCUT2D eigenvalue weighted by atomic mass is 9.99. The Balaban J connectivity index is 1.86. The molecule has 3 heterocycles. The van der Waals surface area contributed by atoms with Gasteiger partial charge in [-0.1, -0.05) is 11.6 Å². The molecule has 172 valence electrons. The number of alkyl halides is 2. The molecule has 2 aliphatic rings. The number of carbonyl (C=O) groups excluding carboxylic acids is 1. The van der Waals surface area contributed by atoms with Crippen molar-refractivity contribution < 1.29 is 37.3 Å². The fraction of sp³-hybridized carbons (Fsp3) is 0.632. The van der Waals surface area contributed by atoms with Gasteiger partial charge in [-0.15, -0.1) is 0 Å². The van der Waals surface area contributed by atoms with E-state index in [1.807, 2.05) is 0 Å². The molecular weight excluding hydrogens is 443 g/mol. The second kappa shape index (κ2) is 8.70. The first-order valence-electron chi connectivity index (χ1n) is 9.68. The highest BCUT2D eigenvalue weighted by atomic mass is 35.5. The molecule has 0 spiro atoms. The van der Waals surface area contributed by atoms with Crippen LogP contribution >= 0.6 is 11.6 Å². The van der Waals surface area contributed by atoms with Crippen molar-refractivity contribution in [3.05, 3.63) is 22.6 Å². The van der Waals surface area contributed by atoms with E-state index in [-0.39, 0.29) is 12.6 Å². The van der Waals surface area contributed by atoms with Crippen LogP contribution in [0.15, 0.2) is 6.07 Å². The highest BCUT2D eigenvalue weighted by molar-refractivity contribution is 6.32. The molecule has 2 aliphatic heterocycles. The Kier molecular flexibility index (Phi) is 6.56. The third-order valence-corrected chi connectivity index (χ3v) is 5.42. The van der Waals surface area contributed by atoms with E-state index in [4.69, 9.17) is 26.2 Å². The molecule has 8 nitrogen and oxygen atoms in total. The van der Waals surface area contributed by atoms with Crippen molar-refractivity contribution in [3.8, 4) is 5.88 Å². The first-order chi connectivity index (χ1) is 14.4. The van der Waals surface area contributed by atoms with Crippen molar-refractivity contribution >= 4 is 23.7 Å². The molecule has 2 bridgehead atoms. The Morgan fingerprint density at radius 1 is 1.35 bits per heavy atom. The van der Waals surface area contributed by atoms with Gasteiger partial charge in [0.05, 0.1) is 17.6 Å². The minimum absolute atomic E-state index is 0.214. The molecule has 1 aromatic heterocycles. The fourth-order valence-corrected chi connectivity index (χ4v) is 4.11. The summed E-state index contributed by atoms with van der Waals surface area (Å²) >= 11 is 5.72. The maximum atomic E-state index is 14.3. The van der Waals surface area contributed by atoms with Crippen LogP contribution in [0.2, 0.25) is 5.15 Å². The number of pyridine rings is 1. The highest BCUT2D eigenvalue weighted by Gasteiger charge is 2.51. The van der Waals surface area contributed by atoms with E-state index in [0.717, 1.165) is 0 Å². The first-order valence-corrected chi connectivity index (χ1v) is 10.1. The van der Waals surface area contributed by atoms with Crippen LogP contribution in [-0.4, -0.2) is 69.9 Å². The second-order valence-electron chi connectivity index (χ2n) is 8.46. The molecule has 0 unspecified atom stereocenters. The molecule has 1 amide bonds. The molecule has 4 atom stereocenters. The van der Waals surface area contributed by atoms with Crippen molar-refractivity contribution in [2.45, 2.75) is 69.9 Å². The van der Waals surface area contributed by atoms with E-state index >= 15 is 0 Å². The summed E-state index contributed by atoms with van der Waals surface area (Å²) in [4.78, 5) is 28.6. The van der Waals surface area contributed by atoms with Gasteiger partial charge in [0, 0.05) is 12.6 Å². The van der Waals surface area contributed by atoms with Crippen molar-refractivity contribution in [2.75, 3.05) is 6.54 Å². The van der Waals surface area contributed by atoms with Crippen LogP contribution in [0.4, 0.5) is 18.0 Å². The lowest BCUT2D eigenvalue weighted by Crippen LogP contribution is -2.65. The van der Waals surface area contributed by atoms with Crippen molar-refractivity contribution in [1.82, 2.24) is 15.2 Å². The number of amides is 1. The molecule has 0 aliphatic carbocycles. The smallest absolute Gasteiger partial charge is 0.410 e. The molecule has 31 heavy (non-hydrogen) atoms. The SMILES string of the molecule is CC(C)(C)OC(=O)N1[C@@H]2CC[C@H]1[C@@H]([C@@H](Oc1nc(Cl)c(C(=O)O)cc1F)C(F)F)NC2. The van der Waals surface area contributed by atoms with E-state index in [2.05, 4.69) is 10.3 Å². The summed E-state index contributed by atoms with van der Waals surface area (Å²) in [5.41, 5.74) is -1.38. The Morgan fingerprint density at radius 2 is 2.03 bits per heavy atom. The number of hydrogen-bond acceptors (Lipinski definition) is 6. The third-order valence-electron chi connectivity index (χ3n) is 5.13. The van der Waals surface area contributed by atoms with E-state index in [9.17, 15) is 22.8 Å². The van der Waals surface area contributed by atoms with Gasteiger partial charge < -0.3 is 19.9 Å². The number of carboxylic acids is 1. The Morgan fingerprint density at radius 3 is 2.61 bits per heavy atom. The summed E-state index contributed by atoms with van der Waals surface area (Å²) in [6.45, 7) is 5.35. The number of halogens is 4. The van der Waals surface area contributed by atoms with E-state index in [1.54, 1.807) is 20.8 Å². The van der Waals surface area contributed by atoms with Crippen LogP contribution in [0.25, 0.3) is 0 Å². The van der Waals surface area contributed by atoms with Gasteiger partial charge in [0.2, 0.25) is 0 Å². The largest absolute Gasteiger partial charge is 0.478 e. The number of hydrogen-bond donors (Lipinski definition) is 2. The number of rotatable bonds is 5. The Bertz CT molecular complexity index is 867. The average molecular weight is 466 g/mol. The number of aromatic carboxylic acids is 1. The Labute approximate surface area is 181 Å². The minimum Gasteiger partial charge on any atom is -0.478 e. The highest BCUT2D eigenvalue weighted by Crippen LogP contribution is 2.35. The zero-order valence-corrected chi connectivity index (χ0v) is 17.8. The maximum absolute atomic E-state index is 14.3. The molecule has 12 heteroatoms. The summed E-state index contributed by atoms with van der Waals surface area (Å²) < 4.78 is 52.8. The lowest BCUT2D eigenvalue weighted by Gasteiger charge is -2.43. The number of fused-ring (bicyclic) bond motifs is 2. The van der Waals surface area contributed by atoms with Gasteiger partial charge >= 0.3 is 12.1 Å². The van der Waals surface area contributed by atoms with E-state index in [0.29, 0.717) is 18.9 Å². The minimum atomic E-state index is -3.06. The molecule has 2 fully saturated rings.